The molecule has 2 N–H and O–H groups in total. The van der Waals surface area contributed by atoms with Crippen molar-refractivity contribution < 1.29 is 13.6 Å². The van der Waals surface area contributed by atoms with E-state index in [0.29, 0.717) is 16.9 Å². The third kappa shape index (κ3) is 4.60. The molecule has 126 valence electrons. The van der Waals surface area contributed by atoms with Crippen LogP contribution < -0.4 is 10.6 Å². The minimum atomic E-state index is -0.322. The van der Waals surface area contributed by atoms with Crippen molar-refractivity contribution in [3.8, 4) is 0 Å². The van der Waals surface area contributed by atoms with Crippen LogP contribution in [0.2, 0.25) is 0 Å². The van der Waals surface area contributed by atoms with Crippen LogP contribution in [-0.2, 0) is 6.54 Å². The van der Waals surface area contributed by atoms with E-state index in [2.05, 4.69) is 15.6 Å². The number of nitrogens with one attached hydrogen (secondary N) is 2. The van der Waals surface area contributed by atoms with Crippen molar-refractivity contribution >= 4 is 17.3 Å². The second kappa shape index (κ2) is 7.53. The van der Waals surface area contributed by atoms with Gasteiger partial charge >= 0.3 is 0 Å². The molecule has 0 unspecified atom stereocenters. The number of aromatic nitrogens is 1. The Morgan fingerprint density at radius 1 is 0.880 bits per heavy atom. The average Bonchev–Trinajstić information content (AvgIpc) is 2.63. The molecule has 4 nitrogen and oxygen atoms in total. The maximum absolute atomic E-state index is 12.9. The normalized spacial score (nSPS) is 10.3. The quantitative estimate of drug-likeness (QED) is 0.738. The Kier molecular flexibility index (Phi) is 4.99. The van der Waals surface area contributed by atoms with E-state index in [9.17, 15) is 13.6 Å². The highest BCUT2D eigenvalue weighted by atomic mass is 19.1. The molecule has 0 aliphatic carbocycles. The van der Waals surface area contributed by atoms with E-state index in [4.69, 9.17) is 0 Å². The van der Waals surface area contributed by atoms with E-state index in [1.54, 1.807) is 36.5 Å². The Bertz CT molecular complexity index is 865. The highest BCUT2D eigenvalue weighted by molar-refractivity contribution is 5.94. The number of benzene rings is 2. The van der Waals surface area contributed by atoms with Crippen molar-refractivity contribution in [1.82, 2.24) is 10.3 Å². The van der Waals surface area contributed by atoms with Gasteiger partial charge in [-0.1, -0.05) is 12.1 Å². The third-order valence-electron chi connectivity index (χ3n) is 3.50. The standard InChI is InChI=1S/C19H15F2N3O/c20-15-3-1-13(2-4-15)10-23-19(25)14-9-18(12-22-11-14)24-17-7-5-16(21)6-8-17/h1-9,11-12,24H,10H2,(H,23,25). The number of amides is 1. The van der Waals surface area contributed by atoms with Gasteiger partial charge < -0.3 is 10.6 Å². The minimum absolute atomic E-state index is 0.286. The van der Waals surface area contributed by atoms with Crippen LogP contribution in [0.1, 0.15) is 15.9 Å². The fraction of sp³-hybridized carbons (Fsp3) is 0.0526. The second-order valence-electron chi connectivity index (χ2n) is 5.40. The van der Waals surface area contributed by atoms with Crippen molar-refractivity contribution in [2.24, 2.45) is 0 Å². The molecule has 1 amide bonds. The highest BCUT2D eigenvalue weighted by Gasteiger charge is 2.07. The summed E-state index contributed by atoms with van der Waals surface area (Å²) in [4.78, 5) is 16.3. The molecule has 3 aromatic rings. The van der Waals surface area contributed by atoms with Gasteiger partial charge in [-0.05, 0) is 48.0 Å². The van der Waals surface area contributed by atoms with Crippen LogP contribution in [0.5, 0.6) is 0 Å². The molecule has 0 saturated heterocycles. The first-order valence-corrected chi connectivity index (χ1v) is 7.60. The zero-order valence-corrected chi connectivity index (χ0v) is 13.2. The summed E-state index contributed by atoms with van der Waals surface area (Å²) in [6, 6.07) is 13.4. The number of hydrogen-bond donors (Lipinski definition) is 2. The molecule has 0 radical (unpaired) electrons. The molecular formula is C19H15F2N3O. The molecular weight excluding hydrogens is 324 g/mol. The number of carbonyl (C=O) groups is 1. The molecule has 6 heteroatoms. The molecule has 3 rings (SSSR count). The van der Waals surface area contributed by atoms with Crippen molar-refractivity contribution in [2.75, 3.05) is 5.32 Å². The van der Waals surface area contributed by atoms with Crippen LogP contribution in [0.4, 0.5) is 20.2 Å². The SMILES string of the molecule is O=C(NCc1ccc(F)cc1)c1cncc(Nc2ccc(F)cc2)c1. The van der Waals surface area contributed by atoms with E-state index in [-0.39, 0.29) is 24.1 Å². The lowest BCUT2D eigenvalue weighted by atomic mass is 10.2. The van der Waals surface area contributed by atoms with Crippen molar-refractivity contribution in [3.05, 3.63) is 89.8 Å². The Labute approximate surface area is 143 Å². The Balaban J connectivity index is 1.64. The van der Waals surface area contributed by atoms with Gasteiger partial charge in [0, 0.05) is 18.4 Å². The molecule has 1 heterocycles. The Morgan fingerprint density at radius 3 is 2.20 bits per heavy atom. The van der Waals surface area contributed by atoms with Gasteiger partial charge in [0.1, 0.15) is 11.6 Å². The first-order chi connectivity index (χ1) is 12.1. The predicted molar refractivity (Wildman–Crippen MR) is 91.5 cm³/mol. The molecule has 1 aromatic heterocycles. The highest BCUT2D eigenvalue weighted by Crippen LogP contribution is 2.17. The fourth-order valence-electron chi connectivity index (χ4n) is 2.22. The van der Waals surface area contributed by atoms with Crippen molar-refractivity contribution in [2.45, 2.75) is 6.54 Å². The number of halogens is 2. The lowest BCUT2D eigenvalue weighted by Crippen LogP contribution is -2.23. The topological polar surface area (TPSA) is 54.0 Å². The number of pyridine rings is 1. The molecule has 0 spiro atoms. The summed E-state index contributed by atoms with van der Waals surface area (Å²) in [6.45, 7) is 0.286. The molecule has 0 fully saturated rings. The molecule has 25 heavy (non-hydrogen) atoms. The molecule has 0 atom stereocenters. The number of anilines is 2. The first-order valence-electron chi connectivity index (χ1n) is 7.60. The summed E-state index contributed by atoms with van der Waals surface area (Å²) < 4.78 is 25.8. The monoisotopic (exact) mass is 339 g/mol. The molecule has 0 aliphatic heterocycles. The van der Waals surface area contributed by atoms with Crippen LogP contribution >= 0.6 is 0 Å². The summed E-state index contributed by atoms with van der Waals surface area (Å²) in [5.41, 5.74) is 2.48. The largest absolute Gasteiger partial charge is 0.354 e. The van der Waals surface area contributed by atoms with Gasteiger partial charge in [-0.25, -0.2) is 8.78 Å². The maximum atomic E-state index is 12.9. The Morgan fingerprint density at radius 2 is 1.52 bits per heavy atom. The molecule has 2 aromatic carbocycles. The van der Waals surface area contributed by atoms with Crippen LogP contribution in [0.15, 0.2) is 67.0 Å². The number of hydrogen-bond acceptors (Lipinski definition) is 3. The van der Waals surface area contributed by atoms with E-state index < -0.39 is 0 Å². The second-order valence-corrected chi connectivity index (χ2v) is 5.40. The zero-order valence-electron chi connectivity index (χ0n) is 13.2. The van der Waals surface area contributed by atoms with E-state index in [0.717, 1.165) is 5.56 Å². The van der Waals surface area contributed by atoms with Gasteiger partial charge in [0.25, 0.3) is 5.91 Å². The van der Waals surface area contributed by atoms with E-state index in [1.807, 2.05) is 0 Å². The molecule has 0 bridgehead atoms. The molecule has 0 aliphatic rings. The lowest BCUT2D eigenvalue weighted by molar-refractivity contribution is 0.0950. The van der Waals surface area contributed by atoms with E-state index >= 15 is 0 Å². The maximum Gasteiger partial charge on any atom is 0.253 e. The summed E-state index contributed by atoms with van der Waals surface area (Å²) in [5, 5.41) is 5.81. The number of nitrogens with zero attached hydrogens (tertiary/aromatic N) is 1. The summed E-state index contributed by atoms with van der Waals surface area (Å²) in [6.07, 6.45) is 3.02. The van der Waals surface area contributed by atoms with Crippen LogP contribution in [0.3, 0.4) is 0 Å². The third-order valence-corrected chi connectivity index (χ3v) is 3.50. The van der Waals surface area contributed by atoms with Gasteiger partial charge in [-0.2, -0.15) is 0 Å². The van der Waals surface area contributed by atoms with Gasteiger partial charge in [0.2, 0.25) is 0 Å². The van der Waals surface area contributed by atoms with Gasteiger partial charge in [0.15, 0.2) is 0 Å². The first kappa shape index (κ1) is 16.6. The van der Waals surface area contributed by atoms with Crippen LogP contribution in [0, 0.1) is 11.6 Å². The van der Waals surface area contributed by atoms with Crippen molar-refractivity contribution in [3.63, 3.8) is 0 Å². The smallest absolute Gasteiger partial charge is 0.253 e. The minimum Gasteiger partial charge on any atom is -0.354 e. The van der Waals surface area contributed by atoms with Crippen LogP contribution in [0.25, 0.3) is 0 Å². The summed E-state index contributed by atoms with van der Waals surface area (Å²) in [7, 11) is 0. The molecule has 0 saturated carbocycles. The van der Waals surface area contributed by atoms with Crippen molar-refractivity contribution in [1.29, 1.82) is 0 Å². The number of rotatable bonds is 5. The fourth-order valence-corrected chi connectivity index (χ4v) is 2.22. The zero-order chi connectivity index (χ0) is 17.6. The Hall–Kier alpha value is -3.28. The van der Waals surface area contributed by atoms with Gasteiger partial charge in [-0.3, -0.25) is 9.78 Å². The van der Waals surface area contributed by atoms with Gasteiger partial charge in [-0.15, -0.1) is 0 Å². The van der Waals surface area contributed by atoms with E-state index in [1.165, 1.54) is 30.5 Å². The van der Waals surface area contributed by atoms with Crippen LogP contribution in [-0.4, -0.2) is 10.9 Å². The number of carbonyl (C=O) groups excluding carboxylic acids is 1. The summed E-state index contributed by atoms with van der Waals surface area (Å²) >= 11 is 0. The average molecular weight is 339 g/mol. The lowest BCUT2D eigenvalue weighted by Gasteiger charge is -2.09. The van der Waals surface area contributed by atoms with Gasteiger partial charge in [0.05, 0.1) is 17.4 Å². The summed E-state index contributed by atoms with van der Waals surface area (Å²) in [5.74, 6) is -0.934. The predicted octanol–water partition coefficient (Wildman–Crippen LogP) is 4.03.